The van der Waals surface area contributed by atoms with Crippen molar-refractivity contribution in [1.82, 2.24) is 4.98 Å². The minimum atomic E-state index is -5.31. The first-order valence-corrected chi connectivity index (χ1v) is 19.8. The molecule has 0 saturated carbocycles. The molecular weight excluding hydrogens is 757 g/mol. The number of carboxylic acids is 1. The summed E-state index contributed by atoms with van der Waals surface area (Å²) >= 11 is 0. The lowest BCUT2D eigenvalue weighted by Gasteiger charge is -2.17. The normalized spacial score (nSPS) is 13.7. The van der Waals surface area contributed by atoms with E-state index in [4.69, 9.17) is 5.11 Å². The van der Waals surface area contributed by atoms with Crippen LogP contribution in [0.1, 0.15) is 24.5 Å². The monoisotopic (exact) mass is 782 g/mol. The van der Waals surface area contributed by atoms with E-state index in [9.17, 15) is 59.0 Å². The predicted molar refractivity (Wildman–Crippen MR) is 189 cm³/mol. The number of aromatic nitrogens is 1. The Balaban J connectivity index is 1.74. The van der Waals surface area contributed by atoms with Gasteiger partial charge in [-0.1, -0.05) is 54.6 Å². The Kier molecular flexibility index (Phi) is 9.43. The van der Waals surface area contributed by atoms with Gasteiger partial charge in [-0.05, 0) is 41.6 Å². The maximum atomic E-state index is 14.2. The summed E-state index contributed by atoms with van der Waals surface area (Å²) in [5, 5.41) is 32.1. The number of aliphatic hydroxyl groups is 2. The summed E-state index contributed by atoms with van der Waals surface area (Å²) in [4.78, 5) is 39.9. The van der Waals surface area contributed by atoms with Crippen LogP contribution in [0.15, 0.2) is 103 Å². The number of sulfone groups is 1. The van der Waals surface area contributed by atoms with Crippen LogP contribution in [0.4, 0.5) is 11.4 Å². The van der Waals surface area contributed by atoms with E-state index in [0.717, 1.165) is 12.1 Å². The van der Waals surface area contributed by atoms with Gasteiger partial charge in [0.2, 0.25) is 0 Å². The molecule has 274 valence electrons. The van der Waals surface area contributed by atoms with Gasteiger partial charge in [0.15, 0.2) is 15.3 Å². The predicted octanol–water partition coefficient (Wildman–Crippen LogP) is 2.27. The third-order valence-corrected chi connectivity index (χ3v) is 12.0. The Morgan fingerprint density at radius 3 is 2.00 bits per heavy atom. The van der Waals surface area contributed by atoms with Crippen molar-refractivity contribution in [2.24, 2.45) is 0 Å². The molecule has 0 saturated heterocycles. The Morgan fingerprint density at radius 2 is 1.38 bits per heavy atom. The number of hydrogen-bond acceptors (Lipinski definition) is 13. The molecule has 0 bridgehead atoms. The maximum absolute atomic E-state index is 14.2. The number of nitrogens with zero attached hydrogens (tertiary/aromatic N) is 1. The highest BCUT2D eigenvalue weighted by Crippen LogP contribution is 2.34. The number of hydrogen-bond donors (Lipinski definition) is 6. The second-order valence-corrected chi connectivity index (χ2v) is 16.7. The second-order valence-electron chi connectivity index (χ2n) is 11.8. The van der Waals surface area contributed by atoms with Gasteiger partial charge in [-0.2, -0.15) is 16.8 Å². The fourth-order valence-electron chi connectivity index (χ4n) is 6.08. The molecule has 1 unspecified atom stereocenters. The van der Waals surface area contributed by atoms with Crippen molar-refractivity contribution in [2.45, 2.75) is 33.6 Å². The van der Waals surface area contributed by atoms with Crippen molar-refractivity contribution >= 4 is 74.9 Å². The van der Waals surface area contributed by atoms with Crippen molar-refractivity contribution in [1.29, 1.82) is 0 Å². The van der Waals surface area contributed by atoms with Gasteiger partial charge in [-0.3, -0.25) is 23.5 Å². The van der Waals surface area contributed by atoms with Crippen LogP contribution in [-0.2, 0) is 34.9 Å². The smallest absolute Gasteiger partial charge is 0.303 e. The Bertz CT molecular complexity index is 3070. The van der Waals surface area contributed by atoms with Gasteiger partial charge < -0.3 is 20.6 Å². The van der Waals surface area contributed by atoms with E-state index in [1.54, 1.807) is 18.2 Å². The third-order valence-electron chi connectivity index (χ3n) is 8.43. The lowest BCUT2D eigenvalue weighted by Crippen LogP contribution is -2.34. The van der Waals surface area contributed by atoms with Gasteiger partial charge in [-0.25, -0.2) is 13.4 Å². The molecular formula is C34H26N2O14S3. The van der Waals surface area contributed by atoms with Crippen molar-refractivity contribution in [3.63, 3.8) is 0 Å². The zero-order chi connectivity index (χ0) is 38.6. The minimum Gasteiger partial charge on any atom is -0.508 e. The highest BCUT2D eigenvalue weighted by Gasteiger charge is 2.28. The number of carbonyl (C=O) groups is 1. The molecule has 4 aromatic carbocycles. The summed E-state index contributed by atoms with van der Waals surface area (Å²) in [6.45, 7) is 0. The van der Waals surface area contributed by atoms with E-state index in [-0.39, 0.29) is 28.0 Å². The highest BCUT2D eigenvalue weighted by atomic mass is 32.2. The van der Waals surface area contributed by atoms with Gasteiger partial charge in [0.05, 0.1) is 38.1 Å². The molecule has 6 N–H and O–H groups in total. The molecule has 1 heterocycles. The minimum absolute atomic E-state index is 0.00540. The summed E-state index contributed by atoms with van der Waals surface area (Å²) < 4.78 is 97.1. The van der Waals surface area contributed by atoms with Crippen LogP contribution in [0.5, 0.6) is 0 Å². The van der Waals surface area contributed by atoms with E-state index >= 15 is 0 Å². The fourth-order valence-corrected chi connectivity index (χ4v) is 8.82. The SMILES string of the molecule is O=C(O)CCCS(=O)(=O)c1ccc(Nc2cc(S(=O)(=O)O)c3nc(=O)c(=C(O)C(O)c4ccccc4)c4c5ccccc5c(=O)c2c3=4)c(S(=O)(=O)O)c1. The van der Waals surface area contributed by atoms with Crippen molar-refractivity contribution in [3.05, 3.63) is 121 Å². The summed E-state index contributed by atoms with van der Waals surface area (Å²) in [5.41, 5.74) is -3.74. The summed E-state index contributed by atoms with van der Waals surface area (Å²) in [6, 6.07) is 16.4. The van der Waals surface area contributed by atoms with Crippen LogP contribution in [-0.4, -0.2) is 66.4 Å². The molecule has 0 fully saturated rings. The summed E-state index contributed by atoms with van der Waals surface area (Å²) in [7, 11) is -14.9. The lowest BCUT2D eigenvalue weighted by molar-refractivity contribution is -0.137. The first kappa shape index (κ1) is 37.2. The van der Waals surface area contributed by atoms with Crippen LogP contribution in [0, 0.1) is 10.4 Å². The van der Waals surface area contributed by atoms with Gasteiger partial charge in [0.1, 0.15) is 21.7 Å². The van der Waals surface area contributed by atoms with Gasteiger partial charge in [0.25, 0.3) is 25.8 Å². The number of fused-ring (bicyclic) bond motifs is 2. The highest BCUT2D eigenvalue weighted by molar-refractivity contribution is 7.91. The zero-order valence-corrected chi connectivity index (χ0v) is 29.2. The summed E-state index contributed by atoms with van der Waals surface area (Å²) in [5.74, 6) is -2.88. The molecule has 2 aliphatic rings. The number of rotatable bonds is 11. The average Bonchev–Trinajstić information content (AvgIpc) is 3.09. The number of aliphatic hydroxyl groups excluding tert-OH is 2. The second kappa shape index (κ2) is 13.4. The average molecular weight is 783 g/mol. The molecule has 1 atom stereocenters. The largest absolute Gasteiger partial charge is 0.508 e. The topological polar surface area (TPSA) is 280 Å². The van der Waals surface area contributed by atoms with Crippen LogP contribution < -0.4 is 21.5 Å². The van der Waals surface area contributed by atoms with Crippen molar-refractivity contribution < 1.29 is 54.5 Å². The Hall–Kier alpha value is -5.57. The number of carboxylic acid groups (broad SMARTS) is 1. The molecule has 1 aliphatic carbocycles. The third kappa shape index (κ3) is 6.88. The van der Waals surface area contributed by atoms with Crippen LogP contribution in [0.3, 0.4) is 0 Å². The van der Waals surface area contributed by atoms with E-state index in [1.807, 2.05) is 0 Å². The molecule has 0 aromatic heterocycles. The molecule has 1 aliphatic heterocycles. The molecule has 4 aromatic rings. The zero-order valence-electron chi connectivity index (χ0n) is 26.8. The van der Waals surface area contributed by atoms with Crippen LogP contribution in [0.25, 0.3) is 27.4 Å². The molecule has 19 heteroatoms. The van der Waals surface area contributed by atoms with Crippen LogP contribution in [0.2, 0.25) is 0 Å². The number of benzene rings is 4. The molecule has 16 nitrogen and oxygen atoms in total. The van der Waals surface area contributed by atoms with Gasteiger partial charge >= 0.3 is 5.97 Å². The fraction of sp³-hybridized carbons (Fsp3) is 0.118. The van der Waals surface area contributed by atoms with Gasteiger partial charge in [-0.15, -0.1) is 0 Å². The van der Waals surface area contributed by atoms with E-state index in [1.165, 1.54) is 36.4 Å². The van der Waals surface area contributed by atoms with E-state index < -0.39 is 118 Å². The molecule has 53 heavy (non-hydrogen) atoms. The first-order valence-electron chi connectivity index (χ1n) is 15.3. The number of nitrogens with one attached hydrogen (secondary N) is 1. The lowest BCUT2D eigenvalue weighted by atomic mass is 9.96. The quantitative estimate of drug-likeness (QED) is 0.103. The number of aliphatic carboxylic acids is 1. The summed E-state index contributed by atoms with van der Waals surface area (Å²) in [6.07, 6.45) is -2.64. The van der Waals surface area contributed by atoms with E-state index in [0.29, 0.717) is 12.1 Å². The number of anilines is 2. The first-order chi connectivity index (χ1) is 24.8. The Morgan fingerprint density at radius 1 is 0.755 bits per heavy atom. The Labute approximate surface area is 298 Å². The van der Waals surface area contributed by atoms with Gasteiger partial charge in [0, 0.05) is 22.2 Å². The molecule has 0 radical (unpaired) electrons. The van der Waals surface area contributed by atoms with Crippen molar-refractivity contribution in [2.75, 3.05) is 11.1 Å². The van der Waals surface area contributed by atoms with E-state index in [2.05, 4.69) is 10.3 Å². The molecule has 6 rings (SSSR count). The van der Waals surface area contributed by atoms with Crippen LogP contribution >= 0.6 is 0 Å². The molecule has 0 amide bonds. The standard InChI is InChI=1S/C34H26N2O14S3/c37-25(38)11-6-14-51(43,44)18-12-13-21(23(15-18)52(45,46)47)35-22-16-24(53(48,49)50)30-28-26(19-9-4-5-10-20(19)32(40)27(22)28)29(34(42)36-30)33(41)31(39)17-7-2-1-3-8-17/h1-5,7-10,12-13,15-16,31,35,39,41H,6,11,14H2,(H,37,38)(H,45,46,47)(H,48,49,50). The maximum Gasteiger partial charge on any atom is 0.303 e. The molecule has 0 spiro atoms. The van der Waals surface area contributed by atoms with Crippen molar-refractivity contribution in [3.8, 4) is 0 Å².